The SMILES string of the molecule is O=C[C@@H](O)CCO. The van der Waals surface area contributed by atoms with Crippen molar-refractivity contribution in [1.82, 2.24) is 0 Å². The minimum absolute atomic E-state index is 0.139. The molecule has 0 heterocycles. The minimum atomic E-state index is -0.981. The smallest absolute Gasteiger partial charge is 0.148 e. The molecule has 0 aromatic rings. The summed E-state index contributed by atoms with van der Waals surface area (Å²) in [6.45, 7) is -0.139. The van der Waals surface area contributed by atoms with E-state index in [1.807, 2.05) is 0 Å². The zero-order valence-electron chi connectivity index (χ0n) is 3.87. The van der Waals surface area contributed by atoms with Crippen LogP contribution in [0.15, 0.2) is 0 Å². The molecule has 0 fully saturated rings. The molecule has 3 heteroatoms. The van der Waals surface area contributed by atoms with Gasteiger partial charge in [-0.15, -0.1) is 0 Å². The van der Waals surface area contributed by atoms with Crippen LogP contribution < -0.4 is 0 Å². The third-order valence-electron chi connectivity index (χ3n) is 0.582. The Morgan fingerprint density at radius 3 is 2.43 bits per heavy atom. The highest BCUT2D eigenvalue weighted by molar-refractivity contribution is 5.55. The molecule has 0 aromatic heterocycles. The summed E-state index contributed by atoms with van der Waals surface area (Å²) in [6.07, 6.45) is -0.440. The molecule has 0 unspecified atom stereocenters. The van der Waals surface area contributed by atoms with Crippen molar-refractivity contribution in [3.05, 3.63) is 0 Å². The van der Waals surface area contributed by atoms with Crippen LogP contribution in [0.4, 0.5) is 0 Å². The van der Waals surface area contributed by atoms with Gasteiger partial charge in [-0.3, -0.25) is 0 Å². The van der Waals surface area contributed by atoms with Gasteiger partial charge in [-0.1, -0.05) is 0 Å². The molecule has 0 aliphatic rings. The second kappa shape index (κ2) is 3.77. The summed E-state index contributed by atoms with van der Waals surface area (Å²) >= 11 is 0. The summed E-state index contributed by atoms with van der Waals surface area (Å²) in [5, 5.41) is 16.4. The molecule has 3 nitrogen and oxygen atoms in total. The first kappa shape index (κ1) is 6.59. The number of carbonyl (C=O) groups is 1. The Morgan fingerprint density at radius 1 is 1.71 bits per heavy atom. The van der Waals surface area contributed by atoms with Crippen molar-refractivity contribution in [2.24, 2.45) is 0 Å². The number of aliphatic hydroxyl groups excluding tert-OH is 2. The van der Waals surface area contributed by atoms with Crippen molar-refractivity contribution in [2.45, 2.75) is 12.5 Å². The number of aliphatic hydroxyl groups is 2. The first-order chi connectivity index (χ1) is 3.31. The van der Waals surface area contributed by atoms with E-state index in [4.69, 9.17) is 10.2 Å². The molecule has 0 saturated carbocycles. The molecule has 0 spiro atoms. The molecule has 0 bridgehead atoms. The van der Waals surface area contributed by atoms with E-state index in [0.717, 1.165) is 0 Å². The zero-order chi connectivity index (χ0) is 5.70. The van der Waals surface area contributed by atoms with Crippen LogP contribution in [0.5, 0.6) is 0 Å². The predicted molar refractivity (Wildman–Crippen MR) is 23.8 cm³/mol. The van der Waals surface area contributed by atoms with Crippen LogP contribution in [0, 0.1) is 0 Å². The van der Waals surface area contributed by atoms with E-state index in [1.165, 1.54) is 0 Å². The number of hydrogen-bond donors (Lipinski definition) is 2. The highest BCUT2D eigenvalue weighted by atomic mass is 16.3. The summed E-state index contributed by atoms with van der Waals surface area (Å²) in [5.41, 5.74) is 0. The van der Waals surface area contributed by atoms with Crippen molar-refractivity contribution in [2.75, 3.05) is 6.61 Å². The van der Waals surface area contributed by atoms with Crippen molar-refractivity contribution in [3.63, 3.8) is 0 Å². The van der Waals surface area contributed by atoms with Crippen LogP contribution in [-0.2, 0) is 4.79 Å². The maximum atomic E-state index is 9.53. The molecule has 0 aliphatic heterocycles. The Kier molecular flexibility index (Phi) is 3.55. The normalized spacial score (nSPS) is 13.4. The van der Waals surface area contributed by atoms with Crippen LogP contribution in [0.1, 0.15) is 6.42 Å². The lowest BCUT2D eigenvalue weighted by atomic mass is 10.3. The van der Waals surface area contributed by atoms with E-state index < -0.39 is 6.10 Å². The van der Waals surface area contributed by atoms with E-state index in [-0.39, 0.29) is 13.0 Å². The van der Waals surface area contributed by atoms with E-state index in [0.29, 0.717) is 6.29 Å². The maximum absolute atomic E-state index is 9.53. The van der Waals surface area contributed by atoms with Crippen molar-refractivity contribution < 1.29 is 15.0 Å². The molecule has 1 atom stereocenters. The van der Waals surface area contributed by atoms with Gasteiger partial charge in [0.05, 0.1) is 0 Å². The highest BCUT2D eigenvalue weighted by Crippen LogP contribution is 1.81. The second-order valence-electron chi connectivity index (χ2n) is 1.22. The Labute approximate surface area is 41.6 Å². The van der Waals surface area contributed by atoms with Crippen LogP contribution in [-0.4, -0.2) is 29.2 Å². The van der Waals surface area contributed by atoms with Gasteiger partial charge < -0.3 is 15.0 Å². The van der Waals surface area contributed by atoms with Gasteiger partial charge in [0.15, 0.2) is 0 Å². The Morgan fingerprint density at radius 2 is 2.29 bits per heavy atom. The average molecular weight is 104 g/mol. The molecule has 0 rings (SSSR count). The summed E-state index contributed by atoms with van der Waals surface area (Å²) in [4.78, 5) is 9.53. The van der Waals surface area contributed by atoms with Gasteiger partial charge in [-0.25, -0.2) is 0 Å². The fourth-order valence-electron chi connectivity index (χ4n) is 0.200. The van der Waals surface area contributed by atoms with Crippen LogP contribution in [0.25, 0.3) is 0 Å². The van der Waals surface area contributed by atoms with Crippen LogP contribution in [0.2, 0.25) is 0 Å². The second-order valence-corrected chi connectivity index (χ2v) is 1.22. The lowest BCUT2D eigenvalue weighted by Gasteiger charge is -1.94. The fourth-order valence-corrected chi connectivity index (χ4v) is 0.200. The minimum Gasteiger partial charge on any atom is -0.396 e. The van der Waals surface area contributed by atoms with Gasteiger partial charge >= 0.3 is 0 Å². The van der Waals surface area contributed by atoms with E-state index in [2.05, 4.69) is 0 Å². The molecule has 7 heavy (non-hydrogen) atoms. The molecule has 0 saturated heterocycles. The summed E-state index contributed by atoms with van der Waals surface area (Å²) < 4.78 is 0. The largest absolute Gasteiger partial charge is 0.396 e. The zero-order valence-corrected chi connectivity index (χ0v) is 3.87. The molecule has 42 valence electrons. The molecular formula is C4H8O3. The van der Waals surface area contributed by atoms with Crippen LogP contribution >= 0.6 is 0 Å². The number of carbonyl (C=O) groups excluding carboxylic acids is 1. The Balaban J connectivity index is 2.98. The van der Waals surface area contributed by atoms with Gasteiger partial charge in [0.1, 0.15) is 12.4 Å². The van der Waals surface area contributed by atoms with Gasteiger partial charge in [-0.05, 0) is 0 Å². The van der Waals surface area contributed by atoms with Gasteiger partial charge in [0.2, 0.25) is 0 Å². The number of hydrogen-bond acceptors (Lipinski definition) is 3. The van der Waals surface area contributed by atoms with Crippen LogP contribution in [0.3, 0.4) is 0 Å². The summed E-state index contributed by atoms with van der Waals surface area (Å²) in [6, 6.07) is 0. The third-order valence-corrected chi connectivity index (χ3v) is 0.582. The van der Waals surface area contributed by atoms with Gasteiger partial charge in [-0.2, -0.15) is 0 Å². The van der Waals surface area contributed by atoms with Crippen molar-refractivity contribution in [1.29, 1.82) is 0 Å². The monoisotopic (exact) mass is 104 g/mol. The lowest BCUT2D eigenvalue weighted by Crippen LogP contribution is -2.08. The molecule has 0 radical (unpaired) electrons. The molecule has 0 aromatic carbocycles. The molecular weight excluding hydrogens is 96.0 g/mol. The maximum Gasteiger partial charge on any atom is 0.148 e. The summed E-state index contributed by atoms with van der Waals surface area (Å²) in [5.74, 6) is 0. The van der Waals surface area contributed by atoms with E-state index in [1.54, 1.807) is 0 Å². The fraction of sp³-hybridized carbons (Fsp3) is 0.750. The molecule has 2 N–H and O–H groups in total. The Bertz CT molecular complexity index is 52.9. The van der Waals surface area contributed by atoms with Crippen molar-refractivity contribution >= 4 is 6.29 Å². The van der Waals surface area contributed by atoms with E-state index in [9.17, 15) is 4.79 Å². The number of aldehydes is 1. The summed E-state index contributed by atoms with van der Waals surface area (Å²) in [7, 11) is 0. The topological polar surface area (TPSA) is 57.5 Å². The molecule has 0 amide bonds. The first-order valence-corrected chi connectivity index (χ1v) is 2.05. The third kappa shape index (κ3) is 3.42. The predicted octanol–water partition coefficient (Wildman–Crippen LogP) is -1.07. The molecule has 0 aliphatic carbocycles. The standard InChI is InChI=1S/C4H8O3/c5-2-1-4(7)3-6/h3-5,7H,1-2H2/t4-/m0/s1. The van der Waals surface area contributed by atoms with E-state index >= 15 is 0 Å². The Hall–Kier alpha value is -0.410. The van der Waals surface area contributed by atoms with Crippen molar-refractivity contribution in [3.8, 4) is 0 Å². The first-order valence-electron chi connectivity index (χ1n) is 2.05. The number of rotatable bonds is 3. The van der Waals surface area contributed by atoms with Gasteiger partial charge in [0, 0.05) is 13.0 Å². The van der Waals surface area contributed by atoms with Gasteiger partial charge in [0.25, 0.3) is 0 Å². The quantitative estimate of drug-likeness (QED) is 0.448. The lowest BCUT2D eigenvalue weighted by molar-refractivity contribution is -0.115. The average Bonchev–Trinajstić information content (AvgIpc) is 1.68. The highest BCUT2D eigenvalue weighted by Gasteiger charge is 1.96.